The van der Waals surface area contributed by atoms with Gasteiger partial charge in [0.15, 0.2) is 0 Å². The van der Waals surface area contributed by atoms with Crippen molar-refractivity contribution >= 4 is 17.4 Å². The molecule has 0 saturated carbocycles. The number of nitrogen functional groups attached to an aromatic ring is 1. The van der Waals surface area contributed by atoms with Gasteiger partial charge < -0.3 is 5.73 Å². The molecule has 0 fully saturated rings. The van der Waals surface area contributed by atoms with Crippen LogP contribution in [0.2, 0.25) is 5.02 Å². The van der Waals surface area contributed by atoms with Crippen LogP contribution < -0.4 is 5.73 Å². The first kappa shape index (κ1) is 12.0. The van der Waals surface area contributed by atoms with Gasteiger partial charge in [0.25, 0.3) is 0 Å². The Bertz CT molecular complexity index is 544. The molecule has 0 unspecified atom stereocenters. The Morgan fingerprint density at radius 1 is 1.35 bits per heavy atom. The first-order chi connectivity index (χ1) is 8.00. The van der Waals surface area contributed by atoms with Crippen LogP contribution >= 0.6 is 11.6 Å². The second-order valence-electron chi connectivity index (χ2n) is 4.51. The normalized spacial score (nSPS) is 11.1. The molecule has 0 radical (unpaired) electrons. The number of hydrogen-bond acceptors (Lipinski definition) is 2. The maximum atomic E-state index is 5.96. The van der Waals surface area contributed by atoms with Gasteiger partial charge in [0.2, 0.25) is 0 Å². The number of aromatic nitrogens is 2. The monoisotopic (exact) mass is 249 g/mol. The summed E-state index contributed by atoms with van der Waals surface area (Å²) in [6.07, 6.45) is 0. The van der Waals surface area contributed by atoms with Crippen molar-refractivity contribution in [3.05, 3.63) is 34.3 Å². The highest BCUT2D eigenvalue weighted by Crippen LogP contribution is 2.33. The van der Waals surface area contributed by atoms with E-state index in [-0.39, 0.29) is 0 Å². The number of aromatic amines is 1. The predicted octanol–water partition coefficient (Wildman–Crippen LogP) is 3.74. The summed E-state index contributed by atoms with van der Waals surface area (Å²) >= 11 is 5.96. The standard InChI is InChI=1S/C13H16ClN3/c1-7(2)11-12(16-17-13(11)15)10-5-4-9(14)6-8(10)3/h4-7H,1-3H3,(H3,15,16,17). The number of aryl methyl sites for hydroxylation is 1. The van der Waals surface area contributed by atoms with Crippen molar-refractivity contribution in [1.29, 1.82) is 0 Å². The summed E-state index contributed by atoms with van der Waals surface area (Å²) in [6.45, 7) is 6.24. The van der Waals surface area contributed by atoms with Gasteiger partial charge >= 0.3 is 0 Å². The van der Waals surface area contributed by atoms with E-state index in [9.17, 15) is 0 Å². The third-order valence-electron chi connectivity index (χ3n) is 2.87. The molecule has 0 atom stereocenters. The molecule has 0 saturated heterocycles. The number of benzene rings is 1. The van der Waals surface area contributed by atoms with Gasteiger partial charge in [-0.25, -0.2) is 0 Å². The zero-order chi connectivity index (χ0) is 12.6. The van der Waals surface area contributed by atoms with E-state index in [1.807, 2.05) is 25.1 Å². The number of halogens is 1. The minimum atomic E-state index is 0.332. The Morgan fingerprint density at radius 2 is 2.06 bits per heavy atom. The lowest BCUT2D eigenvalue weighted by Crippen LogP contribution is -1.96. The van der Waals surface area contributed by atoms with Crippen LogP contribution in [0.3, 0.4) is 0 Å². The summed E-state index contributed by atoms with van der Waals surface area (Å²) in [5, 5.41) is 7.85. The average Bonchev–Trinajstić information content (AvgIpc) is 2.60. The molecule has 1 aromatic heterocycles. The summed E-state index contributed by atoms with van der Waals surface area (Å²) in [5.41, 5.74) is 10.2. The van der Waals surface area contributed by atoms with E-state index in [4.69, 9.17) is 17.3 Å². The molecule has 2 aromatic rings. The number of H-pyrrole nitrogens is 1. The van der Waals surface area contributed by atoms with Gasteiger partial charge in [-0.3, -0.25) is 5.10 Å². The third kappa shape index (κ3) is 2.15. The van der Waals surface area contributed by atoms with Gasteiger partial charge in [-0.05, 0) is 30.5 Å². The van der Waals surface area contributed by atoms with Gasteiger partial charge in [0, 0.05) is 16.1 Å². The topological polar surface area (TPSA) is 54.7 Å². The van der Waals surface area contributed by atoms with Crippen LogP contribution in [-0.4, -0.2) is 10.2 Å². The lowest BCUT2D eigenvalue weighted by molar-refractivity contribution is 0.873. The van der Waals surface area contributed by atoms with E-state index in [2.05, 4.69) is 24.0 Å². The molecule has 0 aliphatic rings. The summed E-state index contributed by atoms with van der Waals surface area (Å²) in [7, 11) is 0. The average molecular weight is 250 g/mol. The van der Waals surface area contributed by atoms with Crippen molar-refractivity contribution in [2.75, 3.05) is 5.73 Å². The molecular weight excluding hydrogens is 234 g/mol. The van der Waals surface area contributed by atoms with E-state index in [1.54, 1.807) is 0 Å². The van der Waals surface area contributed by atoms with Crippen LogP contribution in [0.25, 0.3) is 11.3 Å². The van der Waals surface area contributed by atoms with Crippen LogP contribution in [0.15, 0.2) is 18.2 Å². The van der Waals surface area contributed by atoms with E-state index in [0.29, 0.717) is 11.7 Å². The molecule has 17 heavy (non-hydrogen) atoms. The molecule has 90 valence electrons. The zero-order valence-corrected chi connectivity index (χ0v) is 11.0. The van der Waals surface area contributed by atoms with Crippen LogP contribution in [0, 0.1) is 6.92 Å². The number of nitrogens with zero attached hydrogens (tertiary/aromatic N) is 1. The van der Waals surface area contributed by atoms with Crippen molar-refractivity contribution in [3.63, 3.8) is 0 Å². The van der Waals surface area contributed by atoms with Crippen LogP contribution in [-0.2, 0) is 0 Å². The Morgan fingerprint density at radius 3 is 2.65 bits per heavy atom. The summed E-state index contributed by atoms with van der Waals surface area (Å²) in [4.78, 5) is 0. The zero-order valence-electron chi connectivity index (χ0n) is 10.2. The van der Waals surface area contributed by atoms with Crippen LogP contribution in [0.5, 0.6) is 0 Å². The van der Waals surface area contributed by atoms with E-state index < -0.39 is 0 Å². The van der Waals surface area contributed by atoms with Crippen LogP contribution in [0.1, 0.15) is 30.9 Å². The number of anilines is 1. The molecular formula is C13H16ClN3. The van der Waals surface area contributed by atoms with Gasteiger partial charge in [-0.15, -0.1) is 0 Å². The lowest BCUT2D eigenvalue weighted by atomic mass is 9.96. The summed E-state index contributed by atoms with van der Waals surface area (Å²) < 4.78 is 0. The van der Waals surface area contributed by atoms with Crippen molar-refractivity contribution in [3.8, 4) is 11.3 Å². The molecule has 3 nitrogen and oxygen atoms in total. The Balaban J connectivity index is 2.61. The molecule has 2 rings (SSSR count). The smallest absolute Gasteiger partial charge is 0.149 e. The Labute approximate surface area is 106 Å². The first-order valence-corrected chi connectivity index (χ1v) is 5.98. The lowest BCUT2D eigenvalue weighted by Gasteiger charge is -2.10. The highest BCUT2D eigenvalue weighted by atomic mass is 35.5. The third-order valence-corrected chi connectivity index (χ3v) is 3.10. The molecule has 0 amide bonds. The fraction of sp³-hybridized carbons (Fsp3) is 0.308. The van der Waals surface area contributed by atoms with Gasteiger partial charge in [-0.1, -0.05) is 31.5 Å². The largest absolute Gasteiger partial charge is 0.382 e. The van der Waals surface area contributed by atoms with Crippen molar-refractivity contribution < 1.29 is 0 Å². The maximum absolute atomic E-state index is 5.96. The molecule has 0 spiro atoms. The summed E-state index contributed by atoms with van der Waals surface area (Å²) in [6, 6.07) is 5.82. The van der Waals surface area contributed by atoms with Gasteiger partial charge in [0.05, 0.1) is 5.69 Å². The molecule has 1 aromatic carbocycles. The maximum Gasteiger partial charge on any atom is 0.149 e. The predicted molar refractivity (Wildman–Crippen MR) is 72.3 cm³/mol. The van der Waals surface area contributed by atoms with Gasteiger partial charge in [0.1, 0.15) is 5.82 Å². The first-order valence-electron chi connectivity index (χ1n) is 5.61. The van der Waals surface area contributed by atoms with Crippen LogP contribution in [0.4, 0.5) is 5.82 Å². The Hall–Kier alpha value is -1.48. The van der Waals surface area contributed by atoms with Gasteiger partial charge in [-0.2, -0.15) is 5.10 Å². The highest BCUT2D eigenvalue weighted by molar-refractivity contribution is 6.30. The second-order valence-corrected chi connectivity index (χ2v) is 4.95. The molecule has 0 aliphatic heterocycles. The molecule has 0 aliphatic carbocycles. The second kappa shape index (κ2) is 4.41. The highest BCUT2D eigenvalue weighted by Gasteiger charge is 2.16. The number of nitrogens with two attached hydrogens (primary N) is 1. The number of rotatable bonds is 2. The van der Waals surface area contributed by atoms with E-state index in [1.165, 1.54) is 0 Å². The molecule has 0 bridgehead atoms. The van der Waals surface area contributed by atoms with Crippen molar-refractivity contribution in [2.45, 2.75) is 26.7 Å². The number of hydrogen-bond donors (Lipinski definition) is 2. The SMILES string of the molecule is Cc1cc(Cl)ccc1-c1[nH]nc(N)c1C(C)C. The minimum Gasteiger partial charge on any atom is -0.382 e. The molecule has 1 heterocycles. The van der Waals surface area contributed by atoms with Crippen molar-refractivity contribution in [2.24, 2.45) is 0 Å². The quantitative estimate of drug-likeness (QED) is 0.852. The minimum absolute atomic E-state index is 0.332. The fourth-order valence-corrected chi connectivity index (χ4v) is 2.29. The molecule has 4 heteroatoms. The molecule has 3 N–H and O–H groups in total. The van der Waals surface area contributed by atoms with Crippen molar-refractivity contribution in [1.82, 2.24) is 10.2 Å². The number of nitrogens with one attached hydrogen (secondary N) is 1. The summed E-state index contributed by atoms with van der Waals surface area (Å²) in [5.74, 6) is 0.906. The van der Waals surface area contributed by atoms with E-state index >= 15 is 0 Å². The Kier molecular flexibility index (Phi) is 3.11. The van der Waals surface area contributed by atoms with E-state index in [0.717, 1.165) is 27.4 Å². The fourth-order valence-electron chi connectivity index (χ4n) is 2.06.